The van der Waals surface area contributed by atoms with Gasteiger partial charge in [0.1, 0.15) is 11.5 Å². The van der Waals surface area contributed by atoms with Crippen molar-refractivity contribution in [3.63, 3.8) is 0 Å². The second kappa shape index (κ2) is 7.74. The first kappa shape index (κ1) is 16.9. The van der Waals surface area contributed by atoms with Gasteiger partial charge in [-0.3, -0.25) is 4.79 Å². The Labute approximate surface area is 145 Å². The van der Waals surface area contributed by atoms with Gasteiger partial charge in [0, 0.05) is 25.3 Å². The van der Waals surface area contributed by atoms with E-state index in [9.17, 15) is 14.0 Å². The quantitative estimate of drug-likeness (QED) is 0.897. The Bertz CT molecular complexity index is 758. The smallest absolute Gasteiger partial charge is 0.321 e. The number of likely N-dealkylation sites (tertiary alicyclic amines) is 1. The molecule has 0 atom stereocenters. The lowest BCUT2D eigenvalue weighted by atomic mass is 10.2. The molecule has 1 aliphatic heterocycles. The molecule has 0 aliphatic carbocycles. The molecule has 0 bridgehead atoms. The van der Waals surface area contributed by atoms with Crippen LogP contribution in [0.5, 0.6) is 0 Å². The second-order valence-corrected chi connectivity index (χ2v) is 5.87. The minimum absolute atomic E-state index is 0.103. The van der Waals surface area contributed by atoms with Crippen molar-refractivity contribution in [3.8, 4) is 0 Å². The van der Waals surface area contributed by atoms with Crippen LogP contribution in [0.4, 0.5) is 14.9 Å². The summed E-state index contributed by atoms with van der Waals surface area (Å²) in [4.78, 5) is 29.6. The third-order valence-electron chi connectivity index (χ3n) is 3.98. The van der Waals surface area contributed by atoms with E-state index in [1.165, 1.54) is 12.1 Å². The molecule has 1 aromatic heterocycles. The van der Waals surface area contributed by atoms with Gasteiger partial charge in [-0.15, -0.1) is 0 Å². The molecule has 6 nitrogen and oxygen atoms in total. The number of rotatable bonds is 4. The Hall–Kier alpha value is -2.96. The number of urea groups is 1. The number of nitrogens with one attached hydrogen (secondary N) is 2. The highest BCUT2D eigenvalue weighted by Gasteiger charge is 2.17. The third-order valence-corrected chi connectivity index (χ3v) is 3.98. The van der Waals surface area contributed by atoms with Crippen LogP contribution in [0, 0.1) is 5.82 Å². The van der Waals surface area contributed by atoms with Crippen molar-refractivity contribution in [2.45, 2.75) is 19.4 Å². The van der Waals surface area contributed by atoms with Crippen LogP contribution in [0.15, 0.2) is 42.6 Å². The third kappa shape index (κ3) is 4.53. The maximum Gasteiger partial charge on any atom is 0.321 e. The van der Waals surface area contributed by atoms with Crippen molar-refractivity contribution in [1.29, 1.82) is 0 Å². The molecule has 1 aromatic carbocycles. The summed E-state index contributed by atoms with van der Waals surface area (Å²) in [7, 11) is 0. The van der Waals surface area contributed by atoms with Gasteiger partial charge < -0.3 is 15.5 Å². The summed E-state index contributed by atoms with van der Waals surface area (Å²) in [5, 5.41) is 5.59. The number of anilines is 1. The first-order chi connectivity index (χ1) is 12.1. The summed E-state index contributed by atoms with van der Waals surface area (Å²) in [6, 6.07) is 9.70. The number of carbonyl (C=O) groups is 2. The number of benzene rings is 1. The molecule has 3 rings (SSSR count). The molecule has 2 aromatic rings. The molecule has 1 fully saturated rings. The zero-order valence-corrected chi connectivity index (χ0v) is 13.7. The van der Waals surface area contributed by atoms with Gasteiger partial charge in [-0.05, 0) is 42.7 Å². The molecule has 1 aliphatic rings. The molecule has 25 heavy (non-hydrogen) atoms. The predicted molar refractivity (Wildman–Crippen MR) is 91.6 cm³/mol. The highest BCUT2D eigenvalue weighted by molar-refractivity contribution is 5.92. The summed E-state index contributed by atoms with van der Waals surface area (Å²) in [6.07, 6.45) is 3.08. The van der Waals surface area contributed by atoms with Gasteiger partial charge in [0.05, 0.1) is 6.20 Å². The first-order valence-electron chi connectivity index (χ1n) is 8.16. The zero-order chi connectivity index (χ0) is 17.6. The molecule has 2 heterocycles. The van der Waals surface area contributed by atoms with Crippen molar-refractivity contribution in [3.05, 3.63) is 59.7 Å². The summed E-state index contributed by atoms with van der Waals surface area (Å²) in [6.45, 7) is 1.85. The van der Waals surface area contributed by atoms with Crippen molar-refractivity contribution < 1.29 is 14.0 Å². The number of pyridine rings is 1. The van der Waals surface area contributed by atoms with Crippen molar-refractivity contribution in [2.24, 2.45) is 0 Å². The summed E-state index contributed by atoms with van der Waals surface area (Å²) in [5.41, 5.74) is 1.68. The van der Waals surface area contributed by atoms with E-state index >= 15 is 0 Å². The lowest BCUT2D eigenvalue weighted by Gasteiger charge is -2.16. The first-order valence-corrected chi connectivity index (χ1v) is 8.16. The van der Waals surface area contributed by atoms with Crippen LogP contribution in [0.2, 0.25) is 0 Å². The number of amides is 3. The average Bonchev–Trinajstić information content (AvgIpc) is 3.15. The minimum atomic E-state index is -0.488. The Balaban J connectivity index is 1.56. The molecule has 2 N–H and O–H groups in total. The van der Waals surface area contributed by atoms with Gasteiger partial charge in [-0.2, -0.15) is 0 Å². The number of aromatic nitrogens is 1. The van der Waals surface area contributed by atoms with E-state index in [0.717, 1.165) is 37.7 Å². The Morgan fingerprint density at radius 3 is 2.68 bits per heavy atom. The fraction of sp³-hybridized carbons (Fsp3) is 0.278. The Morgan fingerprint density at radius 2 is 1.96 bits per heavy atom. The van der Waals surface area contributed by atoms with E-state index in [-0.39, 0.29) is 24.2 Å². The summed E-state index contributed by atoms with van der Waals surface area (Å²) >= 11 is 0. The van der Waals surface area contributed by atoms with Crippen molar-refractivity contribution in [2.75, 3.05) is 18.4 Å². The van der Waals surface area contributed by atoms with Crippen LogP contribution in [0.3, 0.4) is 0 Å². The van der Waals surface area contributed by atoms with Crippen LogP contribution in [0.25, 0.3) is 0 Å². The van der Waals surface area contributed by atoms with E-state index in [1.54, 1.807) is 11.0 Å². The number of nitrogens with zero attached hydrogens (tertiary/aromatic N) is 2. The zero-order valence-electron chi connectivity index (χ0n) is 13.7. The monoisotopic (exact) mass is 342 g/mol. The average molecular weight is 342 g/mol. The fourth-order valence-corrected chi connectivity index (χ4v) is 2.66. The van der Waals surface area contributed by atoms with Crippen molar-refractivity contribution in [1.82, 2.24) is 15.2 Å². The van der Waals surface area contributed by atoms with Crippen LogP contribution in [0.1, 0.15) is 28.9 Å². The summed E-state index contributed by atoms with van der Waals surface area (Å²) in [5.74, 6) is -0.871. The van der Waals surface area contributed by atoms with E-state index < -0.39 is 5.82 Å². The van der Waals surface area contributed by atoms with Crippen LogP contribution < -0.4 is 10.6 Å². The van der Waals surface area contributed by atoms with Gasteiger partial charge in [-0.1, -0.05) is 12.1 Å². The SMILES string of the molecule is O=C(NCc1cccc(NC(=O)N2CCCC2)c1)c1ccc(F)cn1. The van der Waals surface area contributed by atoms with Crippen LogP contribution in [-0.4, -0.2) is 34.9 Å². The molecule has 0 unspecified atom stereocenters. The van der Waals surface area contributed by atoms with Crippen LogP contribution in [-0.2, 0) is 6.54 Å². The Morgan fingerprint density at radius 1 is 1.16 bits per heavy atom. The van der Waals surface area contributed by atoms with Gasteiger partial charge in [0.2, 0.25) is 0 Å². The maximum absolute atomic E-state index is 12.8. The lowest BCUT2D eigenvalue weighted by molar-refractivity contribution is 0.0946. The molecule has 0 radical (unpaired) electrons. The second-order valence-electron chi connectivity index (χ2n) is 5.87. The number of halogens is 1. The molecule has 0 saturated carbocycles. The molecule has 1 saturated heterocycles. The van der Waals surface area contributed by atoms with Gasteiger partial charge in [0.15, 0.2) is 0 Å². The van der Waals surface area contributed by atoms with E-state index in [0.29, 0.717) is 5.69 Å². The van der Waals surface area contributed by atoms with Crippen molar-refractivity contribution >= 4 is 17.6 Å². The highest BCUT2D eigenvalue weighted by atomic mass is 19.1. The van der Waals surface area contributed by atoms with Gasteiger partial charge >= 0.3 is 6.03 Å². The highest BCUT2D eigenvalue weighted by Crippen LogP contribution is 2.14. The molecular weight excluding hydrogens is 323 g/mol. The summed E-state index contributed by atoms with van der Waals surface area (Å²) < 4.78 is 12.8. The van der Waals surface area contributed by atoms with E-state index in [1.807, 2.05) is 18.2 Å². The van der Waals surface area contributed by atoms with E-state index in [2.05, 4.69) is 15.6 Å². The van der Waals surface area contributed by atoms with Gasteiger partial charge in [-0.25, -0.2) is 14.2 Å². The minimum Gasteiger partial charge on any atom is -0.347 e. The largest absolute Gasteiger partial charge is 0.347 e. The van der Waals surface area contributed by atoms with E-state index in [4.69, 9.17) is 0 Å². The predicted octanol–water partition coefficient (Wildman–Crippen LogP) is 2.78. The lowest BCUT2D eigenvalue weighted by Crippen LogP contribution is -2.32. The molecule has 0 spiro atoms. The molecule has 130 valence electrons. The number of hydrogen-bond donors (Lipinski definition) is 2. The van der Waals surface area contributed by atoms with Gasteiger partial charge in [0.25, 0.3) is 5.91 Å². The topological polar surface area (TPSA) is 74.3 Å². The normalized spacial score (nSPS) is 13.6. The number of hydrogen-bond acceptors (Lipinski definition) is 3. The standard InChI is InChI=1S/C18H19FN4O2/c19-14-6-7-16(20-12-14)17(24)21-11-13-4-3-5-15(10-13)22-18(25)23-8-1-2-9-23/h3-7,10,12H,1-2,8-9,11H2,(H,21,24)(H,22,25). The Kier molecular flexibility index (Phi) is 5.23. The fourth-order valence-electron chi connectivity index (χ4n) is 2.66. The molecule has 3 amide bonds. The molecule has 7 heteroatoms. The molecular formula is C18H19FN4O2. The number of carbonyl (C=O) groups excluding carboxylic acids is 2. The maximum atomic E-state index is 12.8. The van der Waals surface area contributed by atoms with Crippen LogP contribution >= 0.6 is 0 Å².